The molecule has 0 radical (unpaired) electrons. The van der Waals surface area contributed by atoms with E-state index >= 15 is 0 Å². The summed E-state index contributed by atoms with van der Waals surface area (Å²) in [6, 6.07) is 14.7. The van der Waals surface area contributed by atoms with Gasteiger partial charge >= 0.3 is 5.63 Å². The molecule has 0 bridgehead atoms. The standard InChI is InChI=1S/C19H13BrN2O3S/c20-10-7-5-9(6-8-10)13-14-16(25-17(21)15(13)18(22)26)11-3-1-2-4-12(11)24-19(14)23/h1-8,13H,21H2,(H2,22,26)/t13-/m1/s1. The van der Waals surface area contributed by atoms with Crippen LogP contribution in [0.15, 0.2) is 73.7 Å². The van der Waals surface area contributed by atoms with E-state index in [1.54, 1.807) is 12.1 Å². The molecule has 26 heavy (non-hydrogen) atoms. The number of rotatable bonds is 2. The molecular weight excluding hydrogens is 416 g/mol. The minimum atomic E-state index is -0.565. The Morgan fingerprint density at radius 2 is 1.81 bits per heavy atom. The lowest BCUT2D eigenvalue weighted by atomic mass is 9.83. The summed E-state index contributed by atoms with van der Waals surface area (Å²) in [5.41, 5.74) is 13.5. The molecule has 3 aromatic rings. The van der Waals surface area contributed by atoms with Crippen LogP contribution >= 0.6 is 28.1 Å². The summed E-state index contributed by atoms with van der Waals surface area (Å²) >= 11 is 8.59. The topological polar surface area (TPSA) is 91.5 Å². The fourth-order valence-corrected chi connectivity index (χ4v) is 3.68. The van der Waals surface area contributed by atoms with Crippen LogP contribution in [0.5, 0.6) is 5.75 Å². The van der Waals surface area contributed by atoms with Crippen molar-refractivity contribution in [3.05, 3.63) is 86.0 Å². The molecule has 1 aromatic heterocycles. The van der Waals surface area contributed by atoms with Crippen molar-refractivity contribution in [1.29, 1.82) is 0 Å². The van der Waals surface area contributed by atoms with Crippen molar-refractivity contribution in [1.82, 2.24) is 0 Å². The van der Waals surface area contributed by atoms with E-state index in [1.807, 2.05) is 36.4 Å². The van der Waals surface area contributed by atoms with E-state index in [0.29, 0.717) is 27.9 Å². The van der Waals surface area contributed by atoms with Gasteiger partial charge in [0, 0.05) is 4.47 Å². The van der Waals surface area contributed by atoms with Crippen LogP contribution in [0, 0.1) is 0 Å². The number of nitrogens with two attached hydrogens (primary N) is 2. The van der Waals surface area contributed by atoms with Crippen LogP contribution in [-0.4, -0.2) is 4.99 Å². The summed E-state index contributed by atoms with van der Waals surface area (Å²) in [4.78, 5) is 12.9. The molecule has 1 aliphatic heterocycles. The summed E-state index contributed by atoms with van der Waals surface area (Å²) in [5, 5.41) is 0.661. The Labute approximate surface area is 162 Å². The summed E-state index contributed by atoms with van der Waals surface area (Å²) < 4.78 is 12.2. The van der Waals surface area contributed by atoms with Gasteiger partial charge in [0.05, 0.1) is 22.4 Å². The third kappa shape index (κ3) is 2.60. The molecule has 4 rings (SSSR count). The molecule has 7 heteroatoms. The molecule has 1 aliphatic rings. The smallest absolute Gasteiger partial charge is 0.344 e. The zero-order chi connectivity index (χ0) is 18.4. The molecule has 1 atom stereocenters. The van der Waals surface area contributed by atoms with Gasteiger partial charge in [-0.1, -0.05) is 52.4 Å². The normalized spacial score (nSPS) is 16.3. The molecule has 0 unspecified atom stereocenters. The number of ether oxygens (including phenoxy) is 1. The number of hydrogen-bond donors (Lipinski definition) is 2. The highest BCUT2D eigenvalue weighted by Crippen LogP contribution is 2.43. The van der Waals surface area contributed by atoms with Crippen molar-refractivity contribution in [2.24, 2.45) is 11.5 Å². The van der Waals surface area contributed by atoms with E-state index in [9.17, 15) is 4.79 Å². The fourth-order valence-electron chi connectivity index (χ4n) is 3.20. The van der Waals surface area contributed by atoms with Crippen molar-refractivity contribution < 1.29 is 9.15 Å². The fraction of sp³-hybridized carbons (Fsp3) is 0.0526. The first kappa shape index (κ1) is 16.8. The number of fused-ring (bicyclic) bond motifs is 3. The van der Waals surface area contributed by atoms with Gasteiger partial charge in [0.2, 0.25) is 0 Å². The molecular formula is C19H13BrN2O3S. The highest BCUT2D eigenvalue weighted by atomic mass is 79.9. The summed E-state index contributed by atoms with van der Waals surface area (Å²) in [7, 11) is 0. The molecule has 0 saturated carbocycles. The van der Waals surface area contributed by atoms with Crippen LogP contribution in [0.2, 0.25) is 0 Å². The van der Waals surface area contributed by atoms with E-state index < -0.39 is 11.5 Å². The Bertz CT molecular complexity index is 1140. The second kappa shape index (κ2) is 6.26. The van der Waals surface area contributed by atoms with Gasteiger partial charge in [0.25, 0.3) is 0 Å². The number of hydrogen-bond acceptors (Lipinski definition) is 5. The Balaban J connectivity index is 2.08. The first-order chi connectivity index (χ1) is 12.5. The third-order valence-electron chi connectivity index (χ3n) is 4.32. The van der Waals surface area contributed by atoms with Crippen LogP contribution < -0.4 is 21.8 Å². The Kier molecular flexibility index (Phi) is 4.05. The first-order valence-electron chi connectivity index (χ1n) is 7.76. The average molecular weight is 429 g/mol. The molecule has 0 fully saturated rings. The monoisotopic (exact) mass is 428 g/mol. The maximum atomic E-state index is 12.8. The van der Waals surface area contributed by atoms with Crippen LogP contribution in [-0.2, 0) is 0 Å². The first-order valence-corrected chi connectivity index (χ1v) is 8.96. The van der Waals surface area contributed by atoms with Gasteiger partial charge in [-0.3, -0.25) is 0 Å². The van der Waals surface area contributed by atoms with Crippen LogP contribution in [0.3, 0.4) is 0 Å². The van der Waals surface area contributed by atoms with Crippen LogP contribution in [0.4, 0.5) is 0 Å². The van der Waals surface area contributed by atoms with Crippen LogP contribution in [0.25, 0.3) is 11.0 Å². The van der Waals surface area contributed by atoms with Gasteiger partial charge in [-0.05, 0) is 29.8 Å². The highest BCUT2D eigenvalue weighted by molar-refractivity contribution is 9.10. The minimum Gasteiger partial charge on any atom is -0.440 e. The summed E-state index contributed by atoms with van der Waals surface area (Å²) in [6.07, 6.45) is 0. The lowest BCUT2D eigenvalue weighted by molar-refractivity contribution is 0.389. The molecule has 2 aromatic carbocycles. The lowest BCUT2D eigenvalue weighted by Crippen LogP contribution is -2.32. The SMILES string of the molecule is NC(=S)C1=C(N)Oc2c(c(=O)oc3ccccc23)[C@H]1c1ccc(Br)cc1. The van der Waals surface area contributed by atoms with Gasteiger partial charge in [-0.2, -0.15) is 0 Å². The van der Waals surface area contributed by atoms with Gasteiger partial charge in [0.15, 0.2) is 11.6 Å². The Morgan fingerprint density at radius 1 is 1.12 bits per heavy atom. The van der Waals surface area contributed by atoms with Gasteiger partial charge in [0.1, 0.15) is 10.6 Å². The number of thiocarbonyl (C=S) groups is 1. The van der Waals surface area contributed by atoms with Gasteiger partial charge in [-0.25, -0.2) is 4.79 Å². The van der Waals surface area contributed by atoms with Crippen molar-refractivity contribution in [3.8, 4) is 5.75 Å². The zero-order valence-electron chi connectivity index (χ0n) is 13.4. The highest BCUT2D eigenvalue weighted by Gasteiger charge is 2.36. The molecule has 0 spiro atoms. The molecule has 0 amide bonds. The van der Waals surface area contributed by atoms with E-state index in [2.05, 4.69) is 15.9 Å². The van der Waals surface area contributed by atoms with E-state index in [0.717, 1.165) is 10.0 Å². The van der Waals surface area contributed by atoms with E-state index in [-0.39, 0.29) is 10.9 Å². The molecule has 0 aliphatic carbocycles. The summed E-state index contributed by atoms with van der Waals surface area (Å²) in [5.74, 6) is -0.0962. The maximum Gasteiger partial charge on any atom is 0.344 e. The van der Waals surface area contributed by atoms with Crippen molar-refractivity contribution in [3.63, 3.8) is 0 Å². The average Bonchev–Trinajstić information content (AvgIpc) is 2.61. The maximum absolute atomic E-state index is 12.8. The molecule has 5 nitrogen and oxygen atoms in total. The van der Waals surface area contributed by atoms with E-state index in [1.165, 1.54) is 0 Å². The molecule has 0 saturated heterocycles. The van der Waals surface area contributed by atoms with Crippen LogP contribution in [0.1, 0.15) is 17.0 Å². The van der Waals surface area contributed by atoms with Gasteiger partial charge in [-0.15, -0.1) is 0 Å². The van der Waals surface area contributed by atoms with Gasteiger partial charge < -0.3 is 20.6 Å². The van der Waals surface area contributed by atoms with Crippen molar-refractivity contribution in [2.75, 3.05) is 0 Å². The number of para-hydroxylation sites is 1. The minimum absolute atomic E-state index is 0.0774. The van der Waals surface area contributed by atoms with E-state index in [4.69, 9.17) is 32.8 Å². The zero-order valence-corrected chi connectivity index (χ0v) is 15.8. The second-order valence-electron chi connectivity index (χ2n) is 5.86. The molecule has 130 valence electrons. The largest absolute Gasteiger partial charge is 0.440 e. The number of benzene rings is 2. The quantitative estimate of drug-likeness (QED) is 0.479. The molecule has 4 N–H and O–H groups in total. The van der Waals surface area contributed by atoms with Crippen molar-refractivity contribution in [2.45, 2.75) is 5.92 Å². The Hall–Kier alpha value is -2.64. The third-order valence-corrected chi connectivity index (χ3v) is 5.07. The predicted molar refractivity (Wildman–Crippen MR) is 107 cm³/mol. The second-order valence-corrected chi connectivity index (χ2v) is 7.21. The Morgan fingerprint density at radius 3 is 2.50 bits per heavy atom. The lowest BCUT2D eigenvalue weighted by Gasteiger charge is -2.28. The van der Waals surface area contributed by atoms with Crippen molar-refractivity contribution >= 4 is 44.1 Å². The number of halogens is 1. The molecule has 2 heterocycles. The summed E-state index contributed by atoms with van der Waals surface area (Å²) in [6.45, 7) is 0. The predicted octanol–water partition coefficient (Wildman–Crippen LogP) is 3.54.